The summed E-state index contributed by atoms with van der Waals surface area (Å²) >= 11 is 5.68. The number of halogens is 4. The van der Waals surface area contributed by atoms with E-state index in [4.69, 9.17) is 22.1 Å². The van der Waals surface area contributed by atoms with Crippen molar-refractivity contribution in [2.24, 2.45) is 0 Å². The van der Waals surface area contributed by atoms with Gasteiger partial charge in [0, 0.05) is 30.5 Å². The number of alkyl halides is 3. The Hall–Kier alpha value is -2.29. The van der Waals surface area contributed by atoms with Gasteiger partial charge in [-0.15, -0.1) is 0 Å². The molecule has 9 heteroatoms. The van der Waals surface area contributed by atoms with Gasteiger partial charge in [-0.1, -0.05) is 23.7 Å². The maximum Gasteiger partial charge on any atom is 0.418 e. The Balaban J connectivity index is 1.65. The van der Waals surface area contributed by atoms with Gasteiger partial charge < -0.3 is 21.1 Å². The SMILES string of the molecule is [NH-]C1(C(=O)NCc2ccc(Nc3ccc(Cl)cc3C(F)(F)F)cc2)CCOC1. The average Bonchev–Trinajstić information content (AvgIpc) is 3.09. The Morgan fingerprint density at radius 2 is 1.93 bits per heavy atom. The molecular formula is C19H18ClF3N3O2-. The van der Waals surface area contributed by atoms with Crippen LogP contribution in [0.25, 0.3) is 5.73 Å². The van der Waals surface area contributed by atoms with Crippen molar-refractivity contribution in [1.82, 2.24) is 5.32 Å². The number of benzene rings is 2. The van der Waals surface area contributed by atoms with Crippen LogP contribution in [0.2, 0.25) is 5.02 Å². The normalized spacial score (nSPS) is 19.5. The molecular weight excluding hydrogens is 395 g/mol. The molecule has 1 aliphatic rings. The van der Waals surface area contributed by atoms with Crippen LogP contribution in [-0.2, 0) is 22.3 Å². The summed E-state index contributed by atoms with van der Waals surface area (Å²) in [6.07, 6.45) is -4.18. The lowest BCUT2D eigenvalue weighted by Crippen LogP contribution is -2.44. The zero-order chi connectivity index (χ0) is 20.4. The van der Waals surface area contributed by atoms with Gasteiger partial charge in [-0.2, -0.15) is 13.2 Å². The molecule has 1 aliphatic heterocycles. The van der Waals surface area contributed by atoms with Crippen molar-refractivity contribution in [3.63, 3.8) is 0 Å². The average molecular weight is 413 g/mol. The quantitative estimate of drug-likeness (QED) is 0.731. The van der Waals surface area contributed by atoms with Gasteiger partial charge in [0.05, 0.1) is 11.3 Å². The minimum Gasteiger partial charge on any atom is -0.662 e. The van der Waals surface area contributed by atoms with Crippen LogP contribution in [0, 0.1) is 0 Å². The third kappa shape index (κ3) is 4.76. The van der Waals surface area contributed by atoms with Gasteiger partial charge in [0.15, 0.2) is 0 Å². The number of nitrogens with one attached hydrogen (secondary N) is 3. The van der Waals surface area contributed by atoms with Crippen LogP contribution >= 0.6 is 11.6 Å². The van der Waals surface area contributed by atoms with E-state index in [0.717, 1.165) is 11.6 Å². The topological polar surface area (TPSA) is 74.2 Å². The van der Waals surface area contributed by atoms with Crippen LogP contribution in [0.4, 0.5) is 24.5 Å². The van der Waals surface area contributed by atoms with Crippen LogP contribution in [0.15, 0.2) is 42.5 Å². The second kappa shape index (κ2) is 7.98. The first-order chi connectivity index (χ1) is 13.2. The van der Waals surface area contributed by atoms with E-state index in [1.165, 1.54) is 12.1 Å². The summed E-state index contributed by atoms with van der Waals surface area (Å²) in [5.74, 6) is -0.400. The Labute approximate surface area is 165 Å². The molecule has 3 N–H and O–H groups in total. The Kier molecular flexibility index (Phi) is 5.83. The molecule has 28 heavy (non-hydrogen) atoms. The molecule has 5 nitrogen and oxygen atoms in total. The number of ether oxygens (including phenoxy) is 1. The molecule has 2 aromatic rings. The van der Waals surface area contributed by atoms with Crippen molar-refractivity contribution in [3.8, 4) is 0 Å². The smallest absolute Gasteiger partial charge is 0.418 e. The number of carbonyl (C=O) groups is 1. The molecule has 0 bridgehead atoms. The molecule has 1 unspecified atom stereocenters. The molecule has 0 aromatic heterocycles. The van der Waals surface area contributed by atoms with Crippen molar-refractivity contribution >= 4 is 28.9 Å². The molecule has 1 atom stereocenters. The molecule has 3 rings (SSSR count). The fraction of sp³-hybridized carbons (Fsp3) is 0.316. The van der Waals surface area contributed by atoms with E-state index in [0.29, 0.717) is 18.7 Å². The van der Waals surface area contributed by atoms with Crippen LogP contribution in [0.1, 0.15) is 17.5 Å². The summed E-state index contributed by atoms with van der Waals surface area (Å²) in [5, 5.41) is 5.44. The number of carbonyl (C=O) groups excluding carboxylic acids is 1. The van der Waals surface area contributed by atoms with Crippen molar-refractivity contribution in [2.45, 2.75) is 24.7 Å². The largest absolute Gasteiger partial charge is 0.662 e. The second-order valence-corrected chi connectivity index (χ2v) is 7.01. The predicted octanol–water partition coefficient (Wildman–Crippen LogP) is 4.93. The number of amides is 1. The monoisotopic (exact) mass is 412 g/mol. The highest BCUT2D eigenvalue weighted by Gasteiger charge is 2.34. The third-order valence-corrected chi connectivity index (χ3v) is 4.66. The Morgan fingerprint density at radius 1 is 1.21 bits per heavy atom. The van der Waals surface area contributed by atoms with Crippen molar-refractivity contribution in [2.75, 3.05) is 18.5 Å². The van der Waals surface area contributed by atoms with E-state index in [-0.39, 0.29) is 23.9 Å². The van der Waals surface area contributed by atoms with E-state index in [9.17, 15) is 18.0 Å². The number of rotatable bonds is 5. The van der Waals surface area contributed by atoms with Gasteiger partial charge in [0.25, 0.3) is 0 Å². The fourth-order valence-electron chi connectivity index (χ4n) is 2.82. The Morgan fingerprint density at radius 3 is 2.54 bits per heavy atom. The lowest BCUT2D eigenvalue weighted by atomic mass is 9.99. The van der Waals surface area contributed by atoms with Gasteiger partial charge >= 0.3 is 6.18 Å². The van der Waals surface area contributed by atoms with Crippen molar-refractivity contribution in [1.29, 1.82) is 0 Å². The molecule has 150 valence electrons. The Bertz CT molecular complexity index is 850. The molecule has 2 aromatic carbocycles. The minimum absolute atomic E-state index is 0.00351. The van der Waals surface area contributed by atoms with Crippen LogP contribution in [0.5, 0.6) is 0 Å². The molecule has 0 radical (unpaired) electrons. The summed E-state index contributed by atoms with van der Waals surface area (Å²) in [6.45, 7) is 0.681. The van der Waals surface area contributed by atoms with E-state index in [1.54, 1.807) is 24.3 Å². The van der Waals surface area contributed by atoms with Gasteiger partial charge in [0.1, 0.15) is 0 Å². The number of hydrogen-bond donors (Lipinski definition) is 2. The first-order valence-corrected chi connectivity index (χ1v) is 8.89. The van der Waals surface area contributed by atoms with E-state index < -0.39 is 23.2 Å². The third-order valence-electron chi connectivity index (χ3n) is 4.43. The maximum absolute atomic E-state index is 13.2. The molecule has 1 fully saturated rings. The van der Waals surface area contributed by atoms with Crippen molar-refractivity contribution in [3.05, 3.63) is 64.3 Å². The summed E-state index contributed by atoms with van der Waals surface area (Å²) in [7, 11) is 0. The zero-order valence-corrected chi connectivity index (χ0v) is 15.5. The lowest BCUT2D eigenvalue weighted by molar-refractivity contribution is -0.137. The van der Waals surface area contributed by atoms with Crippen LogP contribution < -0.4 is 10.6 Å². The molecule has 0 saturated carbocycles. The van der Waals surface area contributed by atoms with E-state index in [1.807, 2.05) is 0 Å². The van der Waals surface area contributed by atoms with Crippen molar-refractivity contribution < 1.29 is 22.7 Å². The maximum atomic E-state index is 13.2. The summed E-state index contributed by atoms with van der Waals surface area (Å²) in [4.78, 5) is 12.1. The zero-order valence-electron chi connectivity index (χ0n) is 14.7. The molecule has 1 saturated heterocycles. The second-order valence-electron chi connectivity index (χ2n) is 6.58. The van der Waals surface area contributed by atoms with Gasteiger partial charge in [0.2, 0.25) is 5.91 Å². The number of hydrogen-bond acceptors (Lipinski definition) is 3. The van der Waals surface area contributed by atoms with E-state index >= 15 is 0 Å². The highest BCUT2D eigenvalue weighted by Crippen LogP contribution is 2.37. The summed E-state index contributed by atoms with van der Waals surface area (Å²) < 4.78 is 44.6. The van der Waals surface area contributed by atoms with Crippen LogP contribution in [0.3, 0.4) is 0 Å². The lowest BCUT2D eigenvalue weighted by Gasteiger charge is -2.30. The van der Waals surface area contributed by atoms with E-state index in [2.05, 4.69) is 10.6 Å². The molecule has 0 aliphatic carbocycles. The van der Waals surface area contributed by atoms with Crippen LogP contribution in [-0.4, -0.2) is 24.7 Å². The number of anilines is 2. The minimum atomic E-state index is -4.53. The molecule has 1 heterocycles. The highest BCUT2D eigenvalue weighted by atomic mass is 35.5. The standard InChI is InChI=1S/C19H18ClF3N3O2/c20-13-3-6-16(15(9-13)19(21,22)23)26-14-4-1-12(2-5-14)10-25-17(27)18(24)7-8-28-11-18/h1-6,9,24,26H,7-8,10-11H2,(H,25,27)/q-1. The molecule has 0 spiro atoms. The van der Waals surface area contributed by atoms with Gasteiger partial charge in [-0.3, -0.25) is 4.79 Å². The first kappa shape index (κ1) is 20.4. The molecule has 1 amide bonds. The summed E-state index contributed by atoms with van der Waals surface area (Å²) in [5.41, 5.74) is 7.06. The first-order valence-electron chi connectivity index (χ1n) is 8.51. The van der Waals surface area contributed by atoms with Gasteiger partial charge in [-0.05, 0) is 47.9 Å². The predicted molar refractivity (Wildman–Crippen MR) is 101 cm³/mol. The van der Waals surface area contributed by atoms with Gasteiger partial charge in [-0.25, -0.2) is 0 Å². The highest BCUT2D eigenvalue weighted by molar-refractivity contribution is 6.30. The summed E-state index contributed by atoms with van der Waals surface area (Å²) in [6, 6.07) is 10.1. The fourth-order valence-corrected chi connectivity index (χ4v) is 2.99.